The Hall–Kier alpha value is -1.89. The zero-order valence-corrected chi connectivity index (χ0v) is 19.9. The van der Waals surface area contributed by atoms with Crippen molar-refractivity contribution in [3.05, 3.63) is 24.0 Å². The molecule has 34 heavy (non-hydrogen) atoms. The maximum absolute atomic E-state index is 13.6. The zero-order chi connectivity index (χ0) is 23.7. The van der Waals surface area contributed by atoms with Crippen molar-refractivity contribution in [1.82, 2.24) is 15.0 Å². The van der Waals surface area contributed by atoms with Crippen LogP contribution in [0.4, 0.5) is 8.78 Å². The van der Waals surface area contributed by atoms with Gasteiger partial charge in [-0.25, -0.2) is 13.5 Å². The summed E-state index contributed by atoms with van der Waals surface area (Å²) >= 11 is 0. The van der Waals surface area contributed by atoms with E-state index >= 15 is 0 Å². The lowest BCUT2D eigenvalue weighted by molar-refractivity contribution is -0.134. The summed E-state index contributed by atoms with van der Waals surface area (Å²) in [4.78, 5) is 13.6. The van der Waals surface area contributed by atoms with E-state index in [0.29, 0.717) is 53.5 Å². The van der Waals surface area contributed by atoms with Gasteiger partial charge in [-0.3, -0.25) is 4.79 Å². The Morgan fingerprint density at radius 3 is 2.76 bits per heavy atom. The number of carbonyl (C=O) groups excluding carboxylic acids is 1. The van der Waals surface area contributed by atoms with Gasteiger partial charge in [0.25, 0.3) is 0 Å². The van der Waals surface area contributed by atoms with E-state index in [1.165, 1.54) is 12.1 Å². The molecular formula is C27H35F2N3O2. The average Bonchev–Trinajstić information content (AvgIpc) is 3.38. The van der Waals surface area contributed by atoms with Crippen LogP contribution >= 0.6 is 0 Å². The molecule has 0 radical (unpaired) electrons. The van der Waals surface area contributed by atoms with Gasteiger partial charge in [-0.05, 0) is 105 Å². The van der Waals surface area contributed by atoms with Crippen molar-refractivity contribution in [2.45, 2.75) is 76.9 Å². The molecule has 4 saturated carbocycles. The molecule has 184 valence electrons. The van der Waals surface area contributed by atoms with E-state index in [4.69, 9.17) is 0 Å². The van der Waals surface area contributed by atoms with Crippen molar-refractivity contribution in [2.75, 3.05) is 6.67 Å². The number of benzene rings is 1. The first-order valence-corrected chi connectivity index (χ1v) is 13.1. The van der Waals surface area contributed by atoms with Crippen LogP contribution in [0.3, 0.4) is 0 Å². The highest BCUT2D eigenvalue weighted by Crippen LogP contribution is 2.64. The lowest BCUT2D eigenvalue weighted by Gasteiger charge is -2.56. The summed E-state index contributed by atoms with van der Waals surface area (Å²) < 4.78 is 28.6. The number of halogens is 2. The van der Waals surface area contributed by atoms with Crippen molar-refractivity contribution in [2.24, 2.45) is 40.9 Å². The molecule has 4 fully saturated rings. The largest absolute Gasteiger partial charge is 0.387 e. The van der Waals surface area contributed by atoms with Crippen LogP contribution in [0.1, 0.15) is 64.7 Å². The summed E-state index contributed by atoms with van der Waals surface area (Å²) in [6.45, 7) is 1.91. The summed E-state index contributed by atoms with van der Waals surface area (Å²) in [5.41, 5.74) is 0.0936. The molecule has 0 bridgehead atoms. The van der Waals surface area contributed by atoms with Gasteiger partial charge in [-0.2, -0.15) is 0 Å². The number of fused-ring (bicyclic) bond motifs is 6. The van der Waals surface area contributed by atoms with Gasteiger partial charge < -0.3 is 5.11 Å². The molecule has 0 spiro atoms. The summed E-state index contributed by atoms with van der Waals surface area (Å²) in [7, 11) is 0. The minimum absolute atomic E-state index is 0.0158. The minimum Gasteiger partial charge on any atom is -0.387 e. The Labute approximate surface area is 199 Å². The van der Waals surface area contributed by atoms with Crippen molar-refractivity contribution >= 4 is 16.8 Å². The third-order valence-electron chi connectivity index (χ3n) is 10.5. The van der Waals surface area contributed by atoms with Crippen LogP contribution in [0.25, 0.3) is 11.0 Å². The van der Waals surface area contributed by atoms with Crippen LogP contribution in [0.15, 0.2) is 18.2 Å². The molecule has 5 nitrogen and oxygen atoms in total. The first kappa shape index (κ1) is 22.6. The molecule has 8 atom stereocenters. The maximum Gasteiger partial charge on any atom is 0.157 e. The Morgan fingerprint density at radius 2 is 1.94 bits per heavy atom. The van der Waals surface area contributed by atoms with Gasteiger partial charge in [0.2, 0.25) is 0 Å². The smallest absolute Gasteiger partial charge is 0.157 e. The van der Waals surface area contributed by atoms with Crippen LogP contribution in [-0.2, 0) is 11.3 Å². The molecule has 0 saturated heterocycles. The standard InChI is InChI=1S/C27H35F2N3O2/c1-26-10-8-19-18-9-11-27(34,15-28)13-16(18)2-4-20(19)21(26)5-6-22(26)25(33)14-32-24-7-3-17(29)12-23(24)30-31-32/h3,7,12,16,18-22,34H,2,4-6,8-11,13-15H2,1H3. The van der Waals surface area contributed by atoms with Gasteiger partial charge in [0, 0.05) is 12.0 Å². The second-order valence-corrected chi connectivity index (χ2v) is 12.1. The van der Waals surface area contributed by atoms with E-state index in [0.717, 1.165) is 44.9 Å². The fraction of sp³-hybridized carbons (Fsp3) is 0.741. The molecular weight excluding hydrogens is 436 g/mol. The van der Waals surface area contributed by atoms with Gasteiger partial charge in [0.05, 0.1) is 11.1 Å². The van der Waals surface area contributed by atoms with Crippen molar-refractivity contribution < 1.29 is 18.7 Å². The quantitative estimate of drug-likeness (QED) is 0.673. The second-order valence-electron chi connectivity index (χ2n) is 12.1. The summed E-state index contributed by atoms with van der Waals surface area (Å²) in [5, 5.41) is 18.7. The molecule has 4 aliphatic carbocycles. The third-order valence-corrected chi connectivity index (χ3v) is 10.5. The highest BCUT2D eigenvalue weighted by Gasteiger charge is 2.59. The molecule has 1 N–H and O–H groups in total. The number of nitrogens with zero attached hydrogens (tertiary/aromatic N) is 3. The Morgan fingerprint density at radius 1 is 1.12 bits per heavy atom. The van der Waals surface area contributed by atoms with Gasteiger partial charge in [0.15, 0.2) is 5.78 Å². The fourth-order valence-electron chi connectivity index (χ4n) is 8.93. The van der Waals surface area contributed by atoms with Crippen LogP contribution in [-0.4, -0.2) is 38.2 Å². The number of aliphatic hydroxyl groups is 1. The highest BCUT2D eigenvalue weighted by atomic mass is 19.1. The summed E-state index contributed by atoms with van der Waals surface area (Å²) in [6.07, 6.45) is 8.62. The Kier molecular flexibility index (Phi) is 5.36. The van der Waals surface area contributed by atoms with Gasteiger partial charge in [-0.1, -0.05) is 12.1 Å². The molecule has 1 aromatic heterocycles. The predicted octanol–water partition coefficient (Wildman–Crippen LogP) is 5.11. The topological polar surface area (TPSA) is 68.0 Å². The van der Waals surface area contributed by atoms with Crippen molar-refractivity contribution in [3.8, 4) is 0 Å². The number of alkyl halides is 1. The highest BCUT2D eigenvalue weighted by molar-refractivity contribution is 5.84. The number of hydrogen-bond donors (Lipinski definition) is 1. The monoisotopic (exact) mass is 471 g/mol. The van der Waals surface area contributed by atoms with Crippen LogP contribution < -0.4 is 0 Å². The van der Waals surface area contributed by atoms with Gasteiger partial charge in [-0.15, -0.1) is 5.10 Å². The number of carbonyl (C=O) groups is 1. The Balaban J connectivity index is 1.18. The number of rotatable bonds is 4. The van der Waals surface area contributed by atoms with Crippen LogP contribution in [0.2, 0.25) is 0 Å². The van der Waals surface area contributed by atoms with Gasteiger partial charge in [0.1, 0.15) is 24.6 Å². The maximum atomic E-state index is 13.6. The SMILES string of the molecule is CC12CCC3C4CCC(O)(CF)CC4CCC3C1CCC2C(=O)Cn1nnc2cc(F)ccc21. The number of Topliss-reactive ketones (excluding diaryl/α,β-unsaturated/α-hetero) is 1. The zero-order valence-electron chi connectivity index (χ0n) is 19.9. The molecule has 8 unspecified atom stereocenters. The summed E-state index contributed by atoms with van der Waals surface area (Å²) in [5.74, 6) is 2.81. The third kappa shape index (κ3) is 3.44. The Bertz CT molecular complexity index is 1100. The first-order valence-electron chi connectivity index (χ1n) is 13.1. The van der Waals surface area contributed by atoms with E-state index in [2.05, 4.69) is 17.2 Å². The molecule has 4 aliphatic rings. The average molecular weight is 472 g/mol. The molecule has 6 rings (SSSR count). The van der Waals surface area contributed by atoms with E-state index in [1.54, 1.807) is 10.7 Å². The predicted molar refractivity (Wildman–Crippen MR) is 124 cm³/mol. The molecule has 2 aromatic rings. The lowest BCUT2D eigenvalue weighted by Crippen LogP contribution is -2.52. The van der Waals surface area contributed by atoms with E-state index in [1.807, 2.05) is 0 Å². The fourth-order valence-corrected chi connectivity index (χ4v) is 8.93. The minimum atomic E-state index is -1.10. The molecule has 0 amide bonds. The molecule has 1 aromatic carbocycles. The van der Waals surface area contributed by atoms with E-state index < -0.39 is 12.3 Å². The second kappa shape index (κ2) is 8.07. The summed E-state index contributed by atoms with van der Waals surface area (Å²) in [6, 6.07) is 4.39. The number of ketones is 1. The normalized spacial score (nSPS) is 41.6. The van der Waals surface area contributed by atoms with Crippen molar-refractivity contribution in [3.63, 3.8) is 0 Å². The lowest BCUT2D eigenvalue weighted by atomic mass is 9.49. The molecule has 0 aliphatic heterocycles. The van der Waals surface area contributed by atoms with Crippen LogP contribution in [0, 0.1) is 46.7 Å². The van der Waals surface area contributed by atoms with E-state index in [-0.39, 0.29) is 29.5 Å². The molecule has 7 heteroatoms. The number of aromatic nitrogens is 3. The van der Waals surface area contributed by atoms with E-state index in [9.17, 15) is 18.7 Å². The van der Waals surface area contributed by atoms with Crippen LogP contribution in [0.5, 0.6) is 0 Å². The van der Waals surface area contributed by atoms with Gasteiger partial charge >= 0.3 is 0 Å². The van der Waals surface area contributed by atoms with Crippen molar-refractivity contribution in [1.29, 1.82) is 0 Å². The first-order chi connectivity index (χ1) is 16.3. The number of hydrogen-bond acceptors (Lipinski definition) is 4. The molecule has 1 heterocycles.